The fourth-order valence-electron chi connectivity index (χ4n) is 3.05. The molecule has 0 aromatic heterocycles. The lowest BCUT2D eigenvalue weighted by Crippen LogP contribution is -2.43. The van der Waals surface area contributed by atoms with Crippen LogP contribution in [0.2, 0.25) is 10.0 Å². The Morgan fingerprint density at radius 3 is 2.52 bits per heavy atom. The molecule has 0 radical (unpaired) electrons. The number of sulfonamides is 1. The molecule has 1 N–H and O–H groups in total. The van der Waals surface area contributed by atoms with Crippen LogP contribution in [-0.4, -0.2) is 31.7 Å². The lowest BCUT2D eigenvalue weighted by Gasteiger charge is -2.31. The van der Waals surface area contributed by atoms with Crippen molar-refractivity contribution in [2.75, 3.05) is 18.4 Å². The third kappa shape index (κ3) is 4.63. The zero-order valence-electron chi connectivity index (χ0n) is 14.8. The maximum atomic E-state index is 12.8. The molecule has 0 bridgehead atoms. The molecule has 1 fully saturated rings. The average molecular weight is 427 g/mol. The molecule has 1 atom stereocenters. The Morgan fingerprint density at radius 1 is 1.15 bits per heavy atom. The molecule has 27 heavy (non-hydrogen) atoms. The highest BCUT2D eigenvalue weighted by Crippen LogP contribution is 2.26. The molecular weight excluding hydrogens is 407 g/mol. The van der Waals surface area contributed by atoms with E-state index in [0.717, 1.165) is 5.56 Å². The molecule has 0 spiro atoms. The number of hydrogen-bond donors (Lipinski definition) is 1. The van der Waals surface area contributed by atoms with Crippen LogP contribution in [0.25, 0.3) is 0 Å². The number of hydrogen-bond acceptors (Lipinski definition) is 3. The first kappa shape index (κ1) is 20.1. The summed E-state index contributed by atoms with van der Waals surface area (Å²) in [4.78, 5) is 12.8. The van der Waals surface area contributed by atoms with Crippen LogP contribution in [0.3, 0.4) is 0 Å². The quantitative estimate of drug-likeness (QED) is 0.790. The van der Waals surface area contributed by atoms with E-state index in [4.69, 9.17) is 23.2 Å². The number of carbonyl (C=O) groups excluding carboxylic acids is 1. The van der Waals surface area contributed by atoms with E-state index >= 15 is 0 Å². The van der Waals surface area contributed by atoms with Crippen LogP contribution in [0, 0.1) is 12.8 Å². The first-order chi connectivity index (χ1) is 12.8. The minimum atomic E-state index is -3.66. The van der Waals surface area contributed by atoms with Gasteiger partial charge in [0.1, 0.15) is 0 Å². The molecule has 3 rings (SSSR count). The van der Waals surface area contributed by atoms with Crippen molar-refractivity contribution in [2.45, 2.75) is 24.7 Å². The van der Waals surface area contributed by atoms with E-state index in [1.807, 2.05) is 13.0 Å². The number of nitrogens with one attached hydrogen (secondary N) is 1. The predicted octanol–water partition coefficient (Wildman–Crippen LogP) is 4.34. The molecule has 1 heterocycles. The Kier molecular flexibility index (Phi) is 6.11. The van der Waals surface area contributed by atoms with Crippen LogP contribution in [-0.2, 0) is 14.8 Å². The van der Waals surface area contributed by atoms with Gasteiger partial charge in [-0.15, -0.1) is 0 Å². The van der Waals surface area contributed by atoms with Crippen LogP contribution >= 0.6 is 23.2 Å². The standard InChI is InChI=1S/C19H20Cl2N2O3S/c1-13-4-7-16(11-18(13)21)22-19(24)14-3-2-10-23(12-14)27(25,26)17-8-5-15(20)6-9-17/h4-9,11,14H,2-3,10,12H2,1H3,(H,22,24)/t14-/m0/s1. The Bertz CT molecular complexity index is 946. The Balaban J connectivity index is 1.72. The van der Waals surface area contributed by atoms with Crippen molar-refractivity contribution in [2.24, 2.45) is 5.92 Å². The number of benzene rings is 2. The molecule has 2 aromatic carbocycles. The molecule has 1 saturated heterocycles. The van der Waals surface area contributed by atoms with Crippen molar-refractivity contribution in [3.63, 3.8) is 0 Å². The lowest BCUT2D eigenvalue weighted by molar-refractivity contribution is -0.120. The fraction of sp³-hybridized carbons (Fsp3) is 0.316. The van der Waals surface area contributed by atoms with Crippen molar-refractivity contribution >= 4 is 44.8 Å². The summed E-state index contributed by atoms with van der Waals surface area (Å²) in [6.07, 6.45) is 1.26. The normalized spacial score (nSPS) is 18.3. The van der Waals surface area contributed by atoms with Gasteiger partial charge in [0.2, 0.25) is 15.9 Å². The van der Waals surface area contributed by atoms with Gasteiger partial charge < -0.3 is 5.32 Å². The first-order valence-electron chi connectivity index (χ1n) is 8.60. The second kappa shape index (κ2) is 8.19. The number of piperidine rings is 1. The number of amides is 1. The summed E-state index contributed by atoms with van der Waals surface area (Å²) < 4.78 is 27.0. The van der Waals surface area contributed by atoms with Crippen LogP contribution < -0.4 is 5.32 Å². The van der Waals surface area contributed by atoms with Gasteiger partial charge in [0, 0.05) is 28.8 Å². The molecule has 8 heteroatoms. The van der Waals surface area contributed by atoms with E-state index in [-0.39, 0.29) is 17.3 Å². The van der Waals surface area contributed by atoms with Crippen LogP contribution in [0.5, 0.6) is 0 Å². The van der Waals surface area contributed by atoms with Crippen LogP contribution in [0.15, 0.2) is 47.4 Å². The molecule has 1 aliphatic heterocycles. The van der Waals surface area contributed by atoms with E-state index in [0.29, 0.717) is 35.1 Å². The van der Waals surface area contributed by atoms with Crippen molar-refractivity contribution in [3.8, 4) is 0 Å². The number of halogens is 2. The third-order valence-electron chi connectivity index (χ3n) is 4.65. The minimum absolute atomic E-state index is 0.149. The minimum Gasteiger partial charge on any atom is -0.326 e. The van der Waals surface area contributed by atoms with E-state index in [9.17, 15) is 13.2 Å². The topological polar surface area (TPSA) is 66.5 Å². The van der Waals surface area contributed by atoms with Crippen LogP contribution in [0.1, 0.15) is 18.4 Å². The van der Waals surface area contributed by atoms with Gasteiger partial charge in [-0.25, -0.2) is 8.42 Å². The van der Waals surface area contributed by atoms with Crippen molar-refractivity contribution < 1.29 is 13.2 Å². The molecule has 144 valence electrons. The summed E-state index contributed by atoms with van der Waals surface area (Å²) in [6.45, 7) is 2.43. The second-order valence-corrected chi connectivity index (χ2v) is 9.39. The largest absolute Gasteiger partial charge is 0.326 e. The van der Waals surface area contributed by atoms with Gasteiger partial charge in [-0.1, -0.05) is 29.3 Å². The Labute approximate surface area is 169 Å². The number of carbonyl (C=O) groups is 1. The number of anilines is 1. The zero-order valence-corrected chi connectivity index (χ0v) is 17.1. The SMILES string of the molecule is Cc1ccc(NC(=O)[C@H]2CCCN(S(=O)(=O)c3ccc(Cl)cc3)C2)cc1Cl. The summed E-state index contributed by atoms with van der Waals surface area (Å²) in [5.41, 5.74) is 1.53. The second-order valence-electron chi connectivity index (χ2n) is 6.61. The summed E-state index contributed by atoms with van der Waals surface area (Å²) in [7, 11) is -3.66. The van der Waals surface area contributed by atoms with Crippen molar-refractivity contribution in [1.82, 2.24) is 4.31 Å². The van der Waals surface area contributed by atoms with Gasteiger partial charge in [-0.2, -0.15) is 4.31 Å². The predicted molar refractivity (Wildman–Crippen MR) is 108 cm³/mol. The number of aryl methyl sites for hydroxylation is 1. The summed E-state index contributed by atoms with van der Waals surface area (Å²) in [5, 5.41) is 3.88. The first-order valence-corrected chi connectivity index (χ1v) is 10.8. The van der Waals surface area contributed by atoms with E-state index in [2.05, 4.69) is 5.32 Å². The molecule has 5 nitrogen and oxygen atoms in total. The van der Waals surface area contributed by atoms with Gasteiger partial charge in [-0.3, -0.25) is 4.79 Å². The molecule has 0 aliphatic carbocycles. The highest BCUT2D eigenvalue weighted by Gasteiger charge is 2.33. The third-order valence-corrected chi connectivity index (χ3v) is 7.18. The summed E-state index contributed by atoms with van der Waals surface area (Å²) >= 11 is 11.9. The van der Waals surface area contributed by atoms with Crippen LogP contribution in [0.4, 0.5) is 5.69 Å². The van der Waals surface area contributed by atoms with Gasteiger partial charge in [0.25, 0.3) is 0 Å². The highest BCUT2D eigenvalue weighted by atomic mass is 35.5. The molecule has 1 aliphatic rings. The number of rotatable bonds is 4. The maximum absolute atomic E-state index is 12.8. The van der Waals surface area contributed by atoms with Gasteiger partial charge in [0.15, 0.2) is 0 Å². The molecule has 1 amide bonds. The maximum Gasteiger partial charge on any atom is 0.243 e. The number of nitrogens with zero attached hydrogens (tertiary/aromatic N) is 1. The molecule has 2 aromatic rings. The molecule has 0 unspecified atom stereocenters. The highest BCUT2D eigenvalue weighted by molar-refractivity contribution is 7.89. The van der Waals surface area contributed by atoms with E-state index in [1.165, 1.54) is 16.4 Å². The molecule has 0 saturated carbocycles. The van der Waals surface area contributed by atoms with E-state index in [1.54, 1.807) is 24.3 Å². The average Bonchev–Trinajstić information content (AvgIpc) is 2.65. The summed E-state index contributed by atoms with van der Waals surface area (Å²) in [6, 6.07) is 11.4. The zero-order chi connectivity index (χ0) is 19.6. The molecular formula is C19H20Cl2N2O3S. The van der Waals surface area contributed by atoms with Gasteiger partial charge in [-0.05, 0) is 61.7 Å². The van der Waals surface area contributed by atoms with E-state index < -0.39 is 15.9 Å². The lowest BCUT2D eigenvalue weighted by atomic mass is 9.98. The van der Waals surface area contributed by atoms with Gasteiger partial charge in [0.05, 0.1) is 10.8 Å². The smallest absolute Gasteiger partial charge is 0.243 e. The monoisotopic (exact) mass is 426 g/mol. The van der Waals surface area contributed by atoms with Gasteiger partial charge >= 0.3 is 0 Å². The summed E-state index contributed by atoms with van der Waals surface area (Å²) in [5.74, 6) is -0.619. The Morgan fingerprint density at radius 2 is 1.85 bits per heavy atom. The Hall–Kier alpha value is -1.60. The van der Waals surface area contributed by atoms with Crippen molar-refractivity contribution in [1.29, 1.82) is 0 Å². The fourth-order valence-corrected chi connectivity index (χ4v) is 4.88. The van der Waals surface area contributed by atoms with Crippen molar-refractivity contribution in [3.05, 3.63) is 58.1 Å².